The number of nitrogens with zero attached hydrogens (tertiary/aromatic N) is 3. The summed E-state index contributed by atoms with van der Waals surface area (Å²) < 4.78 is 27.9. The van der Waals surface area contributed by atoms with E-state index in [1.807, 2.05) is 12.1 Å². The third-order valence-corrected chi connectivity index (χ3v) is 5.89. The Morgan fingerprint density at radius 2 is 1.95 bits per heavy atom. The van der Waals surface area contributed by atoms with Crippen molar-refractivity contribution < 1.29 is 8.42 Å². The summed E-state index contributed by atoms with van der Waals surface area (Å²) >= 11 is 3.27. The number of hydrogen-bond donors (Lipinski definition) is 0. The van der Waals surface area contributed by atoms with Crippen molar-refractivity contribution >= 4 is 26.0 Å². The molecule has 0 amide bonds. The van der Waals surface area contributed by atoms with E-state index in [1.54, 1.807) is 29.0 Å². The minimum Gasteiger partial charge on any atom is -0.265 e. The van der Waals surface area contributed by atoms with Crippen LogP contribution in [0.1, 0.15) is 24.4 Å². The van der Waals surface area contributed by atoms with Crippen LogP contribution in [0.3, 0.4) is 0 Å². The van der Waals surface area contributed by atoms with Crippen molar-refractivity contribution in [1.82, 2.24) is 14.3 Å². The number of halogens is 1. The van der Waals surface area contributed by atoms with E-state index in [2.05, 4.69) is 25.9 Å². The van der Waals surface area contributed by atoms with E-state index in [0.717, 1.165) is 18.4 Å². The number of rotatable bonds is 3. The zero-order valence-electron chi connectivity index (χ0n) is 11.2. The zero-order valence-corrected chi connectivity index (χ0v) is 13.6. The predicted molar refractivity (Wildman–Crippen MR) is 82.0 cm³/mol. The van der Waals surface area contributed by atoms with E-state index in [0.29, 0.717) is 11.0 Å². The number of hydrogen-bond acceptors (Lipinski definition) is 4. The fourth-order valence-corrected chi connectivity index (χ4v) is 4.80. The van der Waals surface area contributed by atoms with Gasteiger partial charge in [-0.15, -0.1) is 0 Å². The molecule has 0 aliphatic carbocycles. The van der Waals surface area contributed by atoms with Crippen LogP contribution < -0.4 is 0 Å². The van der Waals surface area contributed by atoms with Crippen molar-refractivity contribution in [3.05, 3.63) is 53.0 Å². The van der Waals surface area contributed by atoms with Gasteiger partial charge in [0, 0.05) is 35.8 Å². The Labute approximate surface area is 132 Å². The zero-order chi connectivity index (χ0) is 14.9. The molecule has 0 spiro atoms. The quantitative estimate of drug-likeness (QED) is 0.836. The molecule has 0 saturated carbocycles. The fourth-order valence-electron chi connectivity index (χ4n) is 2.62. The molecule has 1 aliphatic heterocycles. The molecule has 2 aromatic rings. The second-order valence-electron chi connectivity index (χ2n) is 4.89. The predicted octanol–water partition coefficient (Wildman–Crippen LogP) is 2.76. The number of sulfonamides is 1. The lowest BCUT2D eigenvalue weighted by Crippen LogP contribution is -2.30. The highest BCUT2D eigenvalue weighted by Gasteiger charge is 2.36. The van der Waals surface area contributed by atoms with E-state index < -0.39 is 10.0 Å². The third kappa shape index (κ3) is 2.86. The van der Waals surface area contributed by atoms with Crippen molar-refractivity contribution in [3.8, 4) is 0 Å². The molecule has 0 radical (unpaired) electrons. The Bertz CT molecular complexity index is 737. The Morgan fingerprint density at radius 3 is 2.67 bits per heavy atom. The van der Waals surface area contributed by atoms with Gasteiger partial charge in [0.15, 0.2) is 0 Å². The molecule has 3 rings (SSSR count). The molecule has 5 nitrogen and oxygen atoms in total. The van der Waals surface area contributed by atoms with Crippen LogP contribution in [0.25, 0.3) is 0 Å². The lowest BCUT2D eigenvalue weighted by Gasteiger charge is -2.24. The molecule has 1 fully saturated rings. The molecule has 21 heavy (non-hydrogen) atoms. The van der Waals surface area contributed by atoms with Gasteiger partial charge in [-0.05, 0) is 52.5 Å². The van der Waals surface area contributed by atoms with Gasteiger partial charge in [-0.2, -0.15) is 4.31 Å². The molecule has 1 saturated heterocycles. The lowest BCUT2D eigenvalue weighted by molar-refractivity contribution is 0.396. The van der Waals surface area contributed by atoms with Crippen LogP contribution >= 0.6 is 15.9 Å². The highest BCUT2D eigenvalue weighted by Crippen LogP contribution is 2.36. The standard InChI is InChI=1S/C14H14BrN3O2S/c15-12-8-13(10-17-9-12)21(19,20)18-7-1-2-14(18)11-3-5-16-6-4-11/h3-6,8-10,14H,1-2,7H2. The van der Waals surface area contributed by atoms with Gasteiger partial charge in [0.1, 0.15) is 4.90 Å². The van der Waals surface area contributed by atoms with Gasteiger partial charge >= 0.3 is 0 Å². The van der Waals surface area contributed by atoms with Crippen LogP contribution in [0.5, 0.6) is 0 Å². The lowest BCUT2D eigenvalue weighted by atomic mass is 10.1. The van der Waals surface area contributed by atoms with Crippen LogP contribution in [-0.4, -0.2) is 29.2 Å². The minimum absolute atomic E-state index is 0.128. The van der Waals surface area contributed by atoms with Crippen LogP contribution in [-0.2, 0) is 10.0 Å². The van der Waals surface area contributed by atoms with Gasteiger partial charge in [-0.25, -0.2) is 8.42 Å². The number of aromatic nitrogens is 2. The summed E-state index contributed by atoms with van der Waals surface area (Å²) in [7, 11) is -3.54. The van der Waals surface area contributed by atoms with Gasteiger partial charge in [0.2, 0.25) is 10.0 Å². The van der Waals surface area contributed by atoms with E-state index in [9.17, 15) is 8.42 Å². The van der Waals surface area contributed by atoms with E-state index in [4.69, 9.17) is 0 Å². The highest BCUT2D eigenvalue weighted by atomic mass is 79.9. The summed E-state index contributed by atoms with van der Waals surface area (Å²) in [5, 5.41) is 0. The smallest absolute Gasteiger partial charge is 0.245 e. The van der Waals surface area contributed by atoms with E-state index in [-0.39, 0.29) is 10.9 Å². The van der Waals surface area contributed by atoms with E-state index in [1.165, 1.54) is 6.20 Å². The monoisotopic (exact) mass is 367 g/mol. The van der Waals surface area contributed by atoms with Crippen LogP contribution in [0.2, 0.25) is 0 Å². The third-order valence-electron chi connectivity index (χ3n) is 3.58. The van der Waals surface area contributed by atoms with Crippen molar-refractivity contribution in [2.45, 2.75) is 23.8 Å². The Balaban J connectivity index is 1.98. The molecule has 1 unspecified atom stereocenters. The first-order valence-electron chi connectivity index (χ1n) is 6.61. The van der Waals surface area contributed by atoms with Gasteiger partial charge in [-0.1, -0.05) is 0 Å². The maximum atomic E-state index is 12.8. The topological polar surface area (TPSA) is 63.2 Å². The SMILES string of the molecule is O=S(=O)(c1cncc(Br)c1)N1CCCC1c1ccncc1. The molecule has 0 N–H and O–H groups in total. The summed E-state index contributed by atoms with van der Waals surface area (Å²) in [5.74, 6) is 0. The summed E-state index contributed by atoms with van der Waals surface area (Å²) in [6.07, 6.45) is 8.03. The highest BCUT2D eigenvalue weighted by molar-refractivity contribution is 9.10. The fraction of sp³-hybridized carbons (Fsp3) is 0.286. The molecule has 2 aromatic heterocycles. The van der Waals surface area contributed by atoms with Gasteiger partial charge in [-0.3, -0.25) is 9.97 Å². The average Bonchev–Trinajstić information content (AvgIpc) is 2.98. The van der Waals surface area contributed by atoms with Gasteiger partial charge in [0.05, 0.1) is 6.04 Å². The molecular weight excluding hydrogens is 354 g/mol. The summed E-state index contributed by atoms with van der Waals surface area (Å²) in [5.41, 5.74) is 0.981. The summed E-state index contributed by atoms with van der Waals surface area (Å²) in [4.78, 5) is 8.17. The van der Waals surface area contributed by atoms with Crippen LogP contribution in [0, 0.1) is 0 Å². The normalized spacial score (nSPS) is 19.8. The van der Waals surface area contributed by atoms with Crippen molar-refractivity contribution in [2.75, 3.05) is 6.54 Å². The maximum absolute atomic E-state index is 12.8. The van der Waals surface area contributed by atoms with E-state index >= 15 is 0 Å². The summed E-state index contributed by atoms with van der Waals surface area (Å²) in [6, 6.07) is 5.21. The minimum atomic E-state index is -3.54. The molecular formula is C14H14BrN3O2S. The Hall–Kier alpha value is -1.31. The first-order chi connectivity index (χ1) is 10.1. The molecule has 110 valence electrons. The van der Waals surface area contributed by atoms with Crippen molar-refractivity contribution in [2.24, 2.45) is 0 Å². The summed E-state index contributed by atoms with van der Waals surface area (Å²) in [6.45, 7) is 0.530. The number of pyridine rings is 2. The van der Waals surface area contributed by atoms with Gasteiger partial charge in [0.25, 0.3) is 0 Å². The molecule has 0 aromatic carbocycles. The van der Waals surface area contributed by atoms with Crippen LogP contribution in [0.15, 0.2) is 52.4 Å². The molecule has 1 aliphatic rings. The first kappa shape index (κ1) is 14.6. The van der Waals surface area contributed by atoms with Crippen molar-refractivity contribution in [3.63, 3.8) is 0 Å². The molecule has 1 atom stereocenters. The maximum Gasteiger partial charge on any atom is 0.245 e. The second kappa shape index (κ2) is 5.82. The molecule has 0 bridgehead atoms. The Kier molecular flexibility index (Phi) is 4.05. The van der Waals surface area contributed by atoms with Crippen molar-refractivity contribution in [1.29, 1.82) is 0 Å². The largest absolute Gasteiger partial charge is 0.265 e. The Morgan fingerprint density at radius 1 is 1.19 bits per heavy atom. The van der Waals surface area contributed by atoms with Gasteiger partial charge < -0.3 is 0 Å². The molecule has 7 heteroatoms. The first-order valence-corrected chi connectivity index (χ1v) is 8.84. The second-order valence-corrected chi connectivity index (χ2v) is 7.70. The van der Waals surface area contributed by atoms with Crippen LogP contribution in [0.4, 0.5) is 0 Å². The molecule has 3 heterocycles. The average molecular weight is 368 g/mol.